The summed E-state index contributed by atoms with van der Waals surface area (Å²) in [6, 6.07) is 9.97. The molecule has 18 heavy (non-hydrogen) atoms. The van der Waals surface area contributed by atoms with Gasteiger partial charge in [0.05, 0.1) is 22.7 Å². The Hall–Kier alpha value is -1.52. The van der Waals surface area contributed by atoms with Crippen molar-refractivity contribution in [1.29, 1.82) is 10.5 Å². The molecule has 0 aliphatic heterocycles. The smallest absolute Gasteiger partial charge is 0.101 e. The van der Waals surface area contributed by atoms with Gasteiger partial charge in [0.1, 0.15) is 6.07 Å². The second kappa shape index (κ2) is 6.42. The molecule has 0 amide bonds. The van der Waals surface area contributed by atoms with Crippen molar-refractivity contribution in [1.82, 2.24) is 0 Å². The van der Waals surface area contributed by atoms with Gasteiger partial charge in [-0.15, -0.1) is 0 Å². The first-order chi connectivity index (χ1) is 8.48. The van der Waals surface area contributed by atoms with Crippen LogP contribution < -0.4 is 5.32 Å². The van der Waals surface area contributed by atoms with Crippen molar-refractivity contribution >= 4 is 21.6 Å². The molecular formula is C14H16BrN3. The van der Waals surface area contributed by atoms with E-state index < -0.39 is 0 Å². The molecule has 0 radical (unpaired) electrons. The molecule has 0 saturated carbocycles. The summed E-state index contributed by atoms with van der Waals surface area (Å²) in [6.07, 6.45) is 1.74. The first kappa shape index (κ1) is 14.5. The van der Waals surface area contributed by atoms with E-state index in [1.165, 1.54) is 0 Å². The van der Waals surface area contributed by atoms with E-state index in [0.717, 1.165) is 29.5 Å². The minimum absolute atomic E-state index is 0.281. The molecule has 0 spiro atoms. The first-order valence-electron chi connectivity index (χ1n) is 5.83. The highest BCUT2D eigenvalue weighted by atomic mass is 79.9. The predicted octanol–water partition coefficient (Wildman–Crippen LogP) is 4.06. The number of halogens is 1. The molecule has 1 aromatic carbocycles. The number of nitriles is 2. The van der Waals surface area contributed by atoms with Crippen molar-refractivity contribution in [2.45, 2.75) is 26.7 Å². The predicted molar refractivity (Wildman–Crippen MR) is 76.0 cm³/mol. The second-order valence-corrected chi connectivity index (χ2v) is 5.74. The molecule has 1 N–H and O–H groups in total. The summed E-state index contributed by atoms with van der Waals surface area (Å²) < 4.78 is 0.946. The van der Waals surface area contributed by atoms with E-state index in [4.69, 9.17) is 10.5 Å². The van der Waals surface area contributed by atoms with Gasteiger partial charge in [-0.2, -0.15) is 10.5 Å². The Kier molecular flexibility index (Phi) is 5.19. The minimum Gasteiger partial charge on any atom is -0.384 e. The van der Waals surface area contributed by atoms with Gasteiger partial charge in [-0.1, -0.05) is 15.9 Å². The summed E-state index contributed by atoms with van der Waals surface area (Å²) in [4.78, 5) is 0. The Morgan fingerprint density at radius 2 is 2.06 bits per heavy atom. The molecule has 0 aromatic heterocycles. The van der Waals surface area contributed by atoms with E-state index in [1.807, 2.05) is 26.0 Å². The van der Waals surface area contributed by atoms with E-state index in [2.05, 4.69) is 33.4 Å². The van der Waals surface area contributed by atoms with Crippen molar-refractivity contribution in [3.05, 3.63) is 28.2 Å². The fourth-order valence-corrected chi connectivity index (χ4v) is 1.93. The Morgan fingerprint density at radius 3 is 2.67 bits per heavy atom. The van der Waals surface area contributed by atoms with Crippen LogP contribution in [0.25, 0.3) is 0 Å². The van der Waals surface area contributed by atoms with Gasteiger partial charge < -0.3 is 5.32 Å². The summed E-state index contributed by atoms with van der Waals surface area (Å²) in [6.45, 7) is 4.63. The Bertz CT molecular complexity index is 495. The SMILES string of the molecule is CC(C)(C#N)CCCNc1cc(Br)ccc1C#N. The molecule has 0 heterocycles. The van der Waals surface area contributed by atoms with Gasteiger partial charge in [-0.25, -0.2) is 0 Å². The quantitative estimate of drug-likeness (QED) is 0.834. The average Bonchev–Trinajstić information content (AvgIpc) is 2.35. The molecule has 0 aliphatic carbocycles. The number of nitrogens with zero attached hydrogens (tertiary/aromatic N) is 2. The number of hydrogen-bond donors (Lipinski definition) is 1. The topological polar surface area (TPSA) is 59.6 Å². The van der Waals surface area contributed by atoms with Crippen molar-refractivity contribution in [2.24, 2.45) is 5.41 Å². The molecule has 0 unspecified atom stereocenters. The van der Waals surface area contributed by atoms with Gasteiger partial charge in [-0.3, -0.25) is 0 Å². The summed E-state index contributed by atoms with van der Waals surface area (Å²) >= 11 is 3.38. The van der Waals surface area contributed by atoms with Crippen molar-refractivity contribution < 1.29 is 0 Å². The van der Waals surface area contributed by atoms with Crippen LogP contribution >= 0.6 is 15.9 Å². The van der Waals surface area contributed by atoms with E-state index in [9.17, 15) is 0 Å². The highest BCUT2D eigenvalue weighted by Gasteiger charge is 2.15. The molecule has 0 bridgehead atoms. The van der Waals surface area contributed by atoms with Crippen molar-refractivity contribution in [3.8, 4) is 12.1 Å². The monoisotopic (exact) mass is 305 g/mol. The number of benzene rings is 1. The van der Waals surface area contributed by atoms with Crippen LogP contribution in [0.2, 0.25) is 0 Å². The number of nitrogens with one attached hydrogen (secondary N) is 1. The molecule has 4 heteroatoms. The number of anilines is 1. The molecule has 1 aromatic rings. The van der Waals surface area contributed by atoms with Crippen LogP contribution in [0.5, 0.6) is 0 Å². The van der Waals surface area contributed by atoms with Crippen LogP contribution in [0.1, 0.15) is 32.3 Å². The summed E-state index contributed by atoms with van der Waals surface area (Å²) in [5, 5.41) is 21.1. The summed E-state index contributed by atoms with van der Waals surface area (Å²) in [7, 11) is 0. The molecule has 0 atom stereocenters. The number of hydrogen-bond acceptors (Lipinski definition) is 3. The van der Waals surface area contributed by atoms with Gasteiger partial charge in [-0.05, 0) is 44.9 Å². The van der Waals surface area contributed by atoms with Gasteiger partial charge in [0, 0.05) is 11.0 Å². The third kappa shape index (κ3) is 4.39. The van der Waals surface area contributed by atoms with E-state index in [0.29, 0.717) is 5.56 Å². The molecular weight excluding hydrogens is 290 g/mol. The Balaban J connectivity index is 2.53. The van der Waals surface area contributed by atoms with Crippen LogP contribution in [0.3, 0.4) is 0 Å². The minimum atomic E-state index is -0.281. The van der Waals surface area contributed by atoms with Crippen LogP contribution in [0.4, 0.5) is 5.69 Å². The molecule has 1 rings (SSSR count). The normalized spacial score (nSPS) is 10.5. The fourth-order valence-electron chi connectivity index (χ4n) is 1.57. The molecule has 3 nitrogen and oxygen atoms in total. The molecule has 0 saturated heterocycles. The van der Waals surface area contributed by atoms with Crippen LogP contribution in [0, 0.1) is 28.1 Å². The lowest BCUT2D eigenvalue weighted by molar-refractivity contribution is 0.441. The lowest BCUT2D eigenvalue weighted by atomic mass is 9.90. The Morgan fingerprint density at radius 1 is 1.33 bits per heavy atom. The molecule has 0 fully saturated rings. The summed E-state index contributed by atoms with van der Waals surface area (Å²) in [5.74, 6) is 0. The molecule has 94 valence electrons. The maximum Gasteiger partial charge on any atom is 0.101 e. The van der Waals surface area contributed by atoms with Crippen molar-refractivity contribution in [2.75, 3.05) is 11.9 Å². The number of rotatable bonds is 5. The van der Waals surface area contributed by atoms with Crippen LogP contribution in [-0.2, 0) is 0 Å². The summed E-state index contributed by atoms with van der Waals surface area (Å²) in [5.41, 5.74) is 1.19. The van der Waals surface area contributed by atoms with E-state index in [-0.39, 0.29) is 5.41 Å². The van der Waals surface area contributed by atoms with Crippen molar-refractivity contribution in [3.63, 3.8) is 0 Å². The zero-order valence-corrected chi connectivity index (χ0v) is 12.2. The fraction of sp³-hybridized carbons (Fsp3) is 0.429. The lowest BCUT2D eigenvalue weighted by Gasteiger charge is -2.15. The van der Waals surface area contributed by atoms with Gasteiger partial charge in [0.25, 0.3) is 0 Å². The highest BCUT2D eigenvalue weighted by molar-refractivity contribution is 9.10. The highest BCUT2D eigenvalue weighted by Crippen LogP contribution is 2.23. The van der Waals surface area contributed by atoms with Gasteiger partial charge in [0.2, 0.25) is 0 Å². The standard InChI is InChI=1S/C14H16BrN3/c1-14(2,10-17)6-3-7-18-13-8-12(15)5-4-11(13)9-16/h4-5,8,18H,3,6-7H2,1-2H3. The Labute approximate surface area is 117 Å². The van der Waals surface area contributed by atoms with Gasteiger partial charge in [0.15, 0.2) is 0 Å². The zero-order chi connectivity index (χ0) is 13.6. The van der Waals surface area contributed by atoms with Crippen LogP contribution in [-0.4, -0.2) is 6.54 Å². The first-order valence-corrected chi connectivity index (χ1v) is 6.62. The maximum atomic E-state index is 8.98. The second-order valence-electron chi connectivity index (χ2n) is 4.83. The third-order valence-electron chi connectivity index (χ3n) is 2.70. The van der Waals surface area contributed by atoms with Gasteiger partial charge >= 0.3 is 0 Å². The van der Waals surface area contributed by atoms with E-state index >= 15 is 0 Å². The average molecular weight is 306 g/mol. The zero-order valence-electron chi connectivity index (χ0n) is 10.6. The van der Waals surface area contributed by atoms with E-state index in [1.54, 1.807) is 6.07 Å². The van der Waals surface area contributed by atoms with Crippen LogP contribution in [0.15, 0.2) is 22.7 Å². The third-order valence-corrected chi connectivity index (χ3v) is 3.19. The lowest BCUT2D eigenvalue weighted by Crippen LogP contribution is -2.11. The molecule has 0 aliphatic rings. The largest absolute Gasteiger partial charge is 0.384 e. The maximum absolute atomic E-state index is 8.98.